The van der Waals surface area contributed by atoms with Crippen molar-refractivity contribution < 1.29 is 9.47 Å². The number of benzene rings is 1. The average Bonchev–Trinajstić information content (AvgIpc) is 2.62. The summed E-state index contributed by atoms with van der Waals surface area (Å²) in [6.45, 7) is 3.95. The zero-order valence-electron chi connectivity index (χ0n) is 14.6. The molecule has 0 unspecified atom stereocenters. The van der Waals surface area contributed by atoms with E-state index in [0.717, 1.165) is 68.0 Å². The Hall–Kier alpha value is -1.85. The molecule has 2 aromatic rings. The number of aromatic nitrogens is 1. The lowest BCUT2D eigenvalue weighted by Gasteiger charge is -2.28. The summed E-state index contributed by atoms with van der Waals surface area (Å²) in [5, 5.41) is 4.47. The Labute approximate surface area is 144 Å². The SMILES string of the molecule is COc1cccc2ccc(NCCCOC3CCN(C)CC3)nc12. The van der Waals surface area contributed by atoms with Crippen molar-refractivity contribution in [3.05, 3.63) is 30.3 Å². The Balaban J connectivity index is 1.44. The largest absolute Gasteiger partial charge is 0.494 e. The van der Waals surface area contributed by atoms with E-state index in [2.05, 4.69) is 28.3 Å². The highest BCUT2D eigenvalue weighted by atomic mass is 16.5. The van der Waals surface area contributed by atoms with Gasteiger partial charge < -0.3 is 19.7 Å². The van der Waals surface area contributed by atoms with Gasteiger partial charge >= 0.3 is 0 Å². The fourth-order valence-electron chi connectivity index (χ4n) is 3.07. The Bertz CT molecular complexity index is 654. The fourth-order valence-corrected chi connectivity index (χ4v) is 3.07. The summed E-state index contributed by atoms with van der Waals surface area (Å²) in [6.07, 6.45) is 3.72. The third-order valence-corrected chi connectivity index (χ3v) is 4.55. The summed E-state index contributed by atoms with van der Waals surface area (Å²) in [5.74, 6) is 1.69. The van der Waals surface area contributed by atoms with Gasteiger partial charge in [0.1, 0.15) is 17.1 Å². The van der Waals surface area contributed by atoms with Crippen LogP contribution in [-0.4, -0.2) is 56.4 Å². The van der Waals surface area contributed by atoms with Crippen molar-refractivity contribution in [1.29, 1.82) is 0 Å². The number of fused-ring (bicyclic) bond motifs is 1. The van der Waals surface area contributed by atoms with Crippen LogP contribution in [0, 0.1) is 0 Å². The summed E-state index contributed by atoms with van der Waals surface area (Å²) in [7, 11) is 3.85. The van der Waals surface area contributed by atoms with E-state index < -0.39 is 0 Å². The lowest BCUT2D eigenvalue weighted by Crippen LogP contribution is -2.34. The van der Waals surface area contributed by atoms with E-state index in [1.807, 2.05) is 24.3 Å². The van der Waals surface area contributed by atoms with Gasteiger partial charge in [-0.3, -0.25) is 0 Å². The molecule has 0 atom stereocenters. The fraction of sp³-hybridized carbons (Fsp3) is 0.526. The summed E-state index contributed by atoms with van der Waals surface area (Å²) < 4.78 is 11.4. The highest BCUT2D eigenvalue weighted by molar-refractivity contribution is 5.85. The number of nitrogens with zero attached hydrogens (tertiary/aromatic N) is 2. The van der Waals surface area contributed by atoms with Crippen molar-refractivity contribution in [1.82, 2.24) is 9.88 Å². The van der Waals surface area contributed by atoms with Crippen molar-refractivity contribution in [3.8, 4) is 5.75 Å². The van der Waals surface area contributed by atoms with Crippen LogP contribution in [0.4, 0.5) is 5.82 Å². The minimum Gasteiger partial charge on any atom is -0.494 e. The molecular formula is C19H27N3O2. The number of piperidine rings is 1. The predicted octanol–water partition coefficient (Wildman–Crippen LogP) is 3.16. The van der Waals surface area contributed by atoms with Gasteiger partial charge in [-0.1, -0.05) is 12.1 Å². The smallest absolute Gasteiger partial charge is 0.145 e. The maximum absolute atomic E-state index is 5.97. The van der Waals surface area contributed by atoms with Gasteiger partial charge in [0.05, 0.1) is 13.2 Å². The molecule has 0 bridgehead atoms. The molecule has 2 heterocycles. The first-order valence-electron chi connectivity index (χ1n) is 8.74. The first-order chi connectivity index (χ1) is 11.8. The number of hydrogen-bond donors (Lipinski definition) is 1. The van der Waals surface area contributed by atoms with Gasteiger partial charge in [-0.05, 0) is 44.5 Å². The van der Waals surface area contributed by atoms with Crippen LogP contribution in [0.15, 0.2) is 30.3 Å². The first-order valence-corrected chi connectivity index (χ1v) is 8.74. The third-order valence-electron chi connectivity index (χ3n) is 4.55. The number of likely N-dealkylation sites (tertiary alicyclic amines) is 1. The number of nitrogens with one attached hydrogen (secondary N) is 1. The average molecular weight is 329 g/mol. The molecule has 0 radical (unpaired) electrons. The number of ether oxygens (including phenoxy) is 2. The molecule has 24 heavy (non-hydrogen) atoms. The number of rotatable bonds is 7. The third kappa shape index (κ3) is 4.36. The summed E-state index contributed by atoms with van der Waals surface area (Å²) in [5.41, 5.74) is 0.896. The molecule has 0 spiro atoms. The van der Waals surface area contributed by atoms with Gasteiger partial charge in [0.2, 0.25) is 0 Å². The minimum absolute atomic E-state index is 0.434. The van der Waals surface area contributed by atoms with Crippen LogP contribution in [0.5, 0.6) is 5.75 Å². The lowest BCUT2D eigenvalue weighted by atomic mass is 10.1. The molecule has 5 heteroatoms. The van der Waals surface area contributed by atoms with Crippen molar-refractivity contribution in [2.45, 2.75) is 25.4 Å². The van der Waals surface area contributed by atoms with E-state index in [1.165, 1.54) is 0 Å². The van der Waals surface area contributed by atoms with Crippen molar-refractivity contribution >= 4 is 16.7 Å². The zero-order chi connectivity index (χ0) is 16.8. The Morgan fingerprint density at radius 1 is 1.21 bits per heavy atom. The van der Waals surface area contributed by atoms with Gasteiger partial charge in [0, 0.05) is 31.6 Å². The van der Waals surface area contributed by atoms with Crippen LogP contribution in [0.3, 0.4) is 0 Å². The van der Waals surface area contributed by atoms with E-state index in [9.17, 15) is 0 Å². The van der Waals surface area contributed by atoms with Crippen LogP contribution in [0.25, 0.3) is 10.9 Å². The molecule has 0 amide bonds. The standard InChI is InChI=1S/C19H27N3O2/c1-22-12-9-16(10-13-22)24-14-4-11-20-18-8-7-15-5-3-6-17(23-2)19(15)21-18/h3,5-8,16H,4,9-14H2,1-2H3,(H,20,21). The van der Waals surface area contributed by atoms with Crippen LogP contribution >= 0.6 is 0 Å². The van der Waals surface area contributed by atoms with E-state index in [1.54, 1.807) is 7.11 Å². The van der Waals surface area contributed by atoms with Crippen LogP contribution < -0.4 is 10.1 Å². The minimum atomic E-state index is 0.434. The monoisotopic (exact) mass is 329 g/mol. The highest BCUT2D eigenvalue weighted by Crippen LogP contribution is 2.24. The van der Waals surface area contributed by atoms with Crippen LogP contribution in [-0.2, 0) is 4.74 Å². The molecule has 3 rings (SSSR count). The summed E-state index contributed by atoms with van der Waals surface area (Å²) in [6, 6.07) is 10.1. The van der Waals surface area contributed by atoms with Gasteiger partial charge in [-0.15, -0.1) is 0 Å². The molecule has 1 fully saturated rings. The zero-order valence-corrected chi connectivity index (χ0v) is 14.6. The van der Waals surface area contributed by atoms with Crippen LogP contribution in [0.2, 0.25) is 0 Å². The molecule has 1 saturated heterocycles. The van der Waals surface area contributed by atoms with Crippen molar-refractivity contribution in [2.75, 3.05) is 45.7 Å². The van der Waals surface area contributed by atoms with Gasteiger partial charge in [-0.2, -0.15) is 0 Å². The first kappa shape index (κ1) is 17.0. The van der Waals surface area contributed by atoms with Crippen molar-refractivity contribution in [3.63, 3.8) is 0 Å². The molecule has 1 N–H and O–H groups in total. The maximum atomic E-state index is 5.97. The van der Waals surface area contributed by atoms with Gasteiger partial charge in [0.25, 0.3) is 0 Å². The molecule has 0 saturated carbocycles. The quantitative estimate of drug-likeness (QED) is 0.791. The molecule has 5 nitrogen and oxygen atoms in total. The highest BCUT2D eigenvalue weighted by Gasteiger charge is 2.16. The van der Waals surface area contributed by atoms with Crippen LogP contribution in [0.1, 0.15) is 19.3 Å². The number of anilines is 1. The topological polar surface area (TPSA) is 46.6 Å². The molecule has 130 valence electrons. The van der Waals surface area contributed by atoms with Crippen molar-refractivity contribution in [2.24, 2.45) is 0 Å². The van der Waals surface area contributed by atoms with E-state index >= 15 is 0 Å². The Kier molecular flexibility index (Phi) is 5.88. The second-order valence-electron chi connectivity index (χ2n) is 6.38. The summed E-state index contributed by atoms with van der Waals surface area (Å²) in [4.78, 5) is 7.02. The second kappa shape index (κ2) is 8.31. The number of hydrogen-bond acceptors (Lipinski definition) is 5. The second-order valence-corrected chi connectivity index (χ2v) is 6.38. The van der Waals surface area contributed by atoms with E-state index in [-0.39, 0.29) is 0 Å². The molecule has 1 aromatic carbocycles. The van der Waals surface area contributed by atoms with Gasteiger partial charge in [0.15, 0.2) is 0 Å². The molecule has 0 aliphatic carbocycles. The molecule has 1 aliphatic rings. The normalized spacial score (nSPS) is 16.4. The molecule has 1 aliphatic heterocycles. The molecule has 1 aromatic heterocycles. The number of pyridine rings is 1. The Morgan fingerprint density at radius 2 is 2.04 bits per heavy atom. The lowest BCUT2D eigenvalue weighted by molar-refractivity contribution is 0.0125. The predicted molar refractivity (Wildman–Crippen MR) is 97.9 cm³/mol. The Morgan fingerprint density at radius 3 is 2.83 bits per heavy atom. The van der Waals surface area contributed by atoms with E-state index in [0.29, 0.717) is 6.10 Å². The van der Waals surface area contributed by atoms with Gasteiger partial charge in [-0.25, -0.2) is 4.98 Å². The van der Waals surface area contributed by atoms with E-state index in [4.69, 9.17) is 9.47 Å². The number of methoxy groups -OCH3 is 1. The maximum Gasteiger partial charge on any atom is 0.145 e. The number of para-hydroxylation sites is 1. The molecular weight excluding hydrogens is 302 g/mol. The summed E-state index contributed by atoms with van der Waals surface area (Å²) >= 11 is 0.